The molecule has 2 heterocycles. The van der Waals surface area contributed by atoms with Gasteiger partial charge in [-0.1, -0.05) is 72.8 Å². The molecule has 0 saturated heterocycles. The predicted molar refractivity (Wildman–Crippen MR) is 174 cm³/mol. The molecular formula is C38H24N2O4. The number of carboxylic acids is 1. The molecule has 2 aromatic heterocycles. The maximum absolute atomic E-state index is 12.9. The molecule has 44 heavy (non-hydrogen) atoms. The number of ether oxygens (including phenoxy) is 1. The molecule has 1 N–H and O–H groups in total. The Kier molecular flexibility index (Phi) is 5.81. The van der Waals surface area contributed by atoms with Crippen LogP contribution in [0.1, 0.15) is 10.4 Å². The summed E-state index contributed by atoms with van der Waals surface area (Å²) in [6.07, 6.45) is 0. The molecule has 0 bridgehead atoms. The monoisotopic (exact) mass is 572 g/mol. The van der Waals surface area contributed by atoms with Gasteiger partial charge in [0.2, 0.25) is 0 Å². The van der Waals surface area contributed by atoms with Crippen molar-refractivity contribution in [3.05, 3.63) is 139 Å². The van der Waals surface area contributed by atoms with Crippen molar-refractivity contribution >= 4 is 56.1 Å². The molecule has 0 aliphatic carbocycles. The quantitative estimate of drug-likeness (QED) is 0.202. The minimum atomic E-state index is -1.07. The minimum Gasteiger partial charge on any atom is -0.478 e. The molecule has 6 aromatic carbocycles. The van der Waals surface area contributed by atoms with Crippen LogP contribution in [-0.4, -0.2) is 26.7 Å². The van der Waals surface area contributed by atoms with Gasteiger partial charge in [-0.15, -0.1) is 0 Å². The maximum Gasteiger partial charge on any atom is 0.336 e. The molecule has 0 unspecified atom stereocenters. The van der Waals surface area contributed by atoms with E-state index in [0.29, 0.717) is 17.6 Å². The molecule has 0 atom stereocenters. The second-order valence-corrected chi connectivity index (χ2v) is 10.7. The molecule has 0 spiro atoms. The second-order valence-electron chi connectivity index (χ2n) is 10.7. The molecule has 0 radical (unpaired) electrons. The Bertz CT molecular complexity index is 2400. The van der Waals surface area contributed by atoms with E-state index in [1.54, 1.807) is 6.07 Å². The molecule has 210 valence electrons. The molecule has 6 nitrogen and oxygen atoms in total. The van der Waals surface area contributed by atoms with Crippen LogP contribution in [0, 0.1) is 0 Å². The molecule has 0 fully saturated rings. The van der Waals surface area contributed by atoms with Crippen LogP contribution < -0.4 is 4.74 Å². The summed E-state index contributed by atoms with van der Waals surface area (Å²) in [4.78, 5) is 24.8. The van der Waals surface area contributed by atoms with Gasteiger partial charge in [-0.05, 0) is 54.6 Å². The van der Waals surface area contributed by atoms with E-state index in [1.807, 2.05) is 115 Å². The van der Waals surface area contributed by atoms with Crippen LogP contribution in [0.25, 0.3) is 66.1 Å². The summed E-state index contributed by atoms with van der Waals surface area (Å²) in [7, 11) is 0. The highest BCUT2D eigenvalue weighted by Crippen LogP contribution is 2.43. The summed E-state index contributed by atoms with van der Waals surface area (Å²) < 4.78 is 9.81. The first-order valence-electron chi connectivity index (χ1n) is 14.2. The fourth-order valence-electron chi connectivity index (χ4n) is 6.48. The van der Waals surface area contributed by atoms with Crippen molar-refractivity contribution in [1.82, 2.24) is 9.13 Å². The van der Waals surface area contributed by atoms with E-state index >= 15 is 0 Å². The maximum atomic E-state index is 12.9. The fraction of sp³-hybridized carbons (Fsp3) is 0. The number of benzene rings is 6. The van der Waals surface area contributed by atoms with Crippen LogP contribution >= 0.6 is 0 Å². The Labute approximate surface area is 251 Å². The number of para-hydroxylation sites is 4. The van der Waals surface area contributed by atoms with Crippen molar-refractivity contribution in [3.8, 4) is 28.3 Å². The fourth-order valence-corrected chi connectivity index (χ4v) is 6.48. The molecule has 6 heteroatoms. The summed E-state index contributed by atoms with van der Waals surface area (Å²) in [5.41, 5.74) is 6.57. The van der Waals surface area contributed by atoms with Crippen molar-refractivity contribution in [2.45, 2.75) is 0 Å². The van der Waals surface area contributed by atoms with Crippen molar-refractivity contribution in [3.63, 3.8) is 0 Å². The third-order valence-corrected chi connectivity index (χ3v) is 8.31. The van der Waals surface area contributed by atoms with Gasteiger partial charge in [-0.3, -0.25) is 4.79 Å². The van der Waals surface area contributed by atoms with Gasteiger partial charge in [-0.2, -0.15) is 0 Å². The topological polar surface area (TPSA) is 73.5 Å². The summed E-state index contributed by atoms with van der Waals surface area (Å²) in [6.45, 7) is 0.389. The van der Waals surface area contributed by atoms with Crippen LogP contribution in [0.3, 0.4) is 0 Å². The van der Waals surface area contributed by atoms with Gasteiger partial charge in [0.1, 0.15) is 5.75 Å². The Morgan fingerprint density at radius 1 is 0.545 bits per heavy atom. The first-order valence-corrected chi connectivity index (χ1v) is 14.2. The molecule has 0 aliphatic heterocycles. The van der Waals surface area contributed by atoms with E-state index in [4.69, 9.17) is 4.74 Å². The Morgan fingerprint density at radius 3 is 1.55 bits per heavy atom. The number of hydrogen-bond donors (Lipinski definition) is 1. The van der Waals surface area contributed by atoms with Gasteiger partial charge in [-0.25, -0.2) is 4.79 Å². The number of carbonyl (C=O) groups excluding carboxylic acids is 1. The van der Waals surface area contributed by atoms with Crippen LogP contribution in [0.4, 0.5) is 0 Å². The Hall–Kier alpha value is -6.14. The smallest absolute Gasteiger partial charge is 0.336 e. The largest absolute Gasteiger partial charge is 0.478 e. The Morgan fingerprint density at radius 2 is 1.02 bits per heavy atom. The highest BCUT2D eigenvalue weighted by molar-refractivity contribution is 6.16. The van der Waals surface area contributed by atoms with Crippen molar-refractivity contribution in [2.24, 2.45) is 0 Å². The number of fused-ring (bicyclic) bond motifs is 6. The van der Waals surface area contributed by atoms with Crippen LogP contribution in [0.2, 0.25) is 0 Å². The van der Waals surface area contributed by atoms with E-state index in [0.717, 1.165) is 55.0 Å². The number of nitrogens with zero attached hydrogens (tertiary/aromatic N) is 2. The number of rotatable bonds is 6. The van der Waals surface area contributed by atoms with Gasteiger partial charge < -0.3 is 19.0 Å². The zero-order valence-electron chi connectivity index (χ0n) is 23.3. The van der Waals surface area contributed by atoms with Gasteiger partial charge in [0.15, 0.2) is 0 Å². The predicted octanol–water partition coefficient (Wildman–Crippen LogP) is 8.78. The lowest BCUT2D eigenvalue weighted by Crippen LogP contribution is -2.03. The lowest BCUT2D eigenvalue weighted by molar-refractivity contribution is -0.120. The third kappa shape index (κ3) is 3.82. The van der Waals surface area contributed by atoms with Crippen LogP contribution in [0.5, 0.6) is 5.75 Å². The summed E-state index contributed by atoms with van der Waals surface area (Å²) in [5, 5.41) is 14.4. The average molecular weight is 573 g/mol. The zero-order valence-corrected chi connectivity index (χ0v) is 23.3. The minimum absolute atomic E-state index is 0.111. The number of aromatic carboxylic acids is 1. The van der Waals surface area contributed by atoms with Crippen molar-refractivity contribution in [1.29, 1.82) is 0 Å². The van der Waals surface area contributed by atoms with Gasteiger partial charge in [0, 0.05) is 50.1 Å². The highest BCUT2D eigenvalue weighted by Gasteiger charge is 2.23. The Balaban J connectivity index is 1.48. The lowest BCUT2D eigenvalue weighted by Gasteiger charge is -2.14. The number of carboxylic acid groups (broad SMARTS) is 1. The SMILES string of the molecule is O=COc1cc2c(cc1-c1cc3c4ccccc4n(-c4ccccc4)c3cc1C(=O)O)c1ccccc1n2-c1ccccc1. The van der Waals surface area contributed by atoms with Crippen molar-refractivity contribution < 1.29 is 19.4 Å². The summed E-state index contributed by atoms with van der Waals surface area (Å²) in [6, 6.07) is 43.4. The van der Waals surface area contributed by atoms with Gasteiger partial charge >= 0.3 is 5.97 Å². The first-order chi connectivity index (χ1) is 21.6. The molecule has 0 saturated carbocycles. The van der Waals surface area contributed by atoms with E-state index in [-0.39, 0.29) is 11.3 Å². The van der Waals surface area contributed by atoms with E-state index in [2.05, 4.69) is 21.3 Å². The summed E-state index contributed by atoms with van der Waals surface area (Å²) >= 11 is 0. The molecule has 8 rings (SSSR count). The normalized spacial score (nSPS) is 11.5. The number of carbonyl (C=O) groups is 2. The standard InChI is InChI=1S/C38H24N2O4/c41-23-44-37-22-36-30(27-16-8-10-18-34(27)40(36)25-13-5-2-6-14-25)20-31(37)28-19-29-26-15-7-9-17-33(26)39(24-11-3-1-4-12-24)35(29)21-32(28)38(42)43/h1-23H,(H,42,43). The van der Waals surface area contributed by atoms with Crippen LogP contribution in [-0.2, 0) is 4.79 Å². The average Bonchev–Trinajstić information content (AvgIpc) is 3.56. The second kappa shape index (κ2) is 10.00. The zero-order chi connectivity index (χ0) is 29.8. The number of hydrogen-bond acceptors (Lipinski definition) is 3. The van der Waals surface area contributed by atoms with Crippen molar-refractivity contribution in [2.75, 3.05) is 0 Å². The molecular weight excluding hydrogens is 548 g/mol. The van der Waals surface area contributed by atoms with E-state index in [1.165, 1.54) is 0 Å². The van der Waals surface area contributed by atoms with E-state index < -0.39 is 5.97 Å². The first kappa shape index (κ1) is 25.6. The van der Waals surface area contributed by atoms with Crippen LogP contribution in [0.15, 0.2) is 133 Å². The third-order valence-electron chi connectivity index (χ3n) is 8.31. The number of aromatic nitrogens is 2. The molecule has 0 aliphatic rings. The van der Waals surface area contributed by atoms with E-state index in [9.17, 15) is 14.7 Å². The molecule has 0 amide bonds. The van der Waals surface area contributed by atoms with Gasteiger partial charge in [0.25, 0.3) is 6.47 Å². The molecule has 8 aromatic rings. The highest BCUT2D eigenvalue weighted by atomic mass is 16.5. The lowest BCUT2D eigenvalue weighted by atomic mass is 9.94. The summed E-state index contributed by atoms with van der Waals surface area (Å²) in [5.74, 6) is -0.795. The van der Waals surface area contributed by atoms with Gasteiger partial charge in [0.05, 0.1) is 27.6 Å².